The zero-order chi connectivity index (χ0) is 12.1. The van der Waals surface area contributed by atoms with Gasteiger partial charge in [0.05, 0.1) is 0 Å². The molecule has 0 heteroatoms. The zero-order valence-corrected chi connectivity index (χ0v) is 11.3. The van der Waals surface area contributed by atoms with E-state index in [2.05, 4.69) is 46.1 Å². The number of rotatable bonds is 5. The number of hydrogen-bond acceptors (Lipinski definition) is 0. The molecule has 0 saturated carbocycles. The maximum atomic E-state index is 3.63. The summed E-state index contributed by atoms with van der Waals surface area (Å²) < 4.78 is 0. The van der Waals surface area contributed by atoms with Crippen LogP contribution in [0.15, 0.2) is 12.7 Å². The lowest BCUT2D eigenvalue weighted by Gasteiger charge is -1.96. The van der Waals surface area contributed by atoms with Crippen molar-refractivity contribution >= 4 is 0 Å². The molecule has 0 atom stereocenters. The van der Waals surface area contributed by atoms with Gasteiger partial charge in [-0.25, -0.2) is 0 Å². The average Bonchev–Trinajstić information content (AvgIpc) is 2.15. The minimum atomic E-state index is 0.802. The van der Waals surface area contributed by atoms with Crippen molar-refractivity contribution in [2.45, 2.75) is 60.3 Å². The monoisotopic (exact) mass is 208 g/mol. The first-order valence-electron chi connectivity index (χ1n) is 6.05. The lowest BCUT2D eigenvalue weighted by molar-refractivity contribution is 0.594. The Morgan fingerprint density at radius 1 is 1.07 bits per heavy atom. The van der Waals surface area contributed by atoms with Crippen molar-refractivity contribution in [2.75, 3.05) is 0 Å². The summed E-state index contributed by atoms with van der Waals surface area (Å²) in [6.07, 6.45) is 6.72. The molecule has 0 bridgehead atoms. The largest absolute Gasteiger partial charge is 0.107 e. The summed E-state index contributed by atoms with van der Waals surface area (Å²) in [5.41, 5.74) is 0. The number of hydrogen-bond donors (Lipinski definition) is 0. The summed E-state index contributed by atoms with van der Waals surface area (Å²) in [4.78, 5) is 0. The maximum Gasteiger partial charge on any atom is 0.00910 e. The first-order valence-corrected chi connectivity index (χ1v) is 6.05. The summed E-state index contributed by atoms with van der Waals surface area (Å²) in [6.45, 7) is 14.4. The highest BCUT2D eigenvalue weighted by Crippen LogP contribution is 2.02. The molecule has 0 heterocycles. The van der Waals surface area contributed by atoms with E-state index in [0.717, 1.165) is 24.7 Å². The van der Waals surface area contributed by atoms with Crippen LogP contribution in [-0.4, -0.2) is 0 Å². The van der Waals surface area contributed by atoms with Crippen molar-refractivity contribution in [3.8, 4) is 11.8 Å². The van der Waals surface area contributed by atoms with Crippen molar-refractivity contribution in [1.29, 1.82) is 0 Å². The standard InChI is InChI=1S/C8H14.C7H14/c1-4-5-6-7-8(2)3;1-4-5-6-7(2)3/h8H,6-7H2,1-3H3;4,7H,1,5-6H2,2-3H3. The SMILES string of the molecule is C=CCCC(C)C.CC#CCCC(C)C. The summed E-state index contributed by atoms with van der Waals surface area (Å²) in [6, 6.07) is 0. The molecular weight excluding hydrogens is 180 g/mol. The molecule has 0 aliphatic heterocycles. The molecule has 0 aliphatic carbocycles. The number of allylic oxidation sites excluding steroid dienone is 1. The van der Waals surface area contributed by atoms with Gasteiger partial charge in [-0.15, -0.1) is 18.4 Å². The van der Waals surface area contributed by atoms with Gasteiger partial charge in [-0.2, -0.15) is 0 Å². The molecular formula is C15H28. The van der Waals surface area contributed by atoms with Gasteiger partial charge in [0.25, 0.3) is 0 Å². The molecule has 0 radical (unpaired) electrons. The van der Waals surface area contributed by atoms with E-state index in [1.807, 2.05) is 13.0 Å². The molecule has 0 aromatic carbocycles. The highest BCUT2D eigenvalue weighted by molar-refractivity contribution is 4.94. The summed E-state index contributed by atoms with van der Waals surface area (Å²) in [5.74, 6) is 7.54. The van der Waals surface area contributed by atoms with Crippen molar-refractivity contribution in [3.63, 3.8) is 0 Å². The fraction of sp³-hybridized carbons (Fsp3) is 0.733. The van der Waals surface area contributed by atoms with Gasteiger partial charge in [-0.05, 0) is 38.0 Å². The lowest BCUT2D eigenvalue weighted by Crippen LogP contribution is -1.83. The first-order chi connectivity index (χ1) is 7.04. The molecule has 88 valence electrons. The third kappa shape index (κ3) is 24.7. The van der Waals surface area contributed by atoms with Crippen LogP contribution in [0.25, 0.3) is 0 Å². The van der Waals surface area contributed by atoms with Crippen LogP contribution < -0.4 is 0 Å². The van der Waals surface area contributed by atoms with Crippen LogP contribution in [0.5, 0.6) is 0 Å². The Morgan fingerprint density at radius 2 is 1.60 bits per heavy atom. The second-order valence-corrected chi connectivity index (χ2v) is 4.62. The van der Waals surface area contributed by atoms with Crippen LogP contribution in [0, 0.1) is 23.7 Å². The molecule has 0 fully saturated rings. The maximum absolute atomic E-state index is 3.63. The lowest BCUT2D eigenvalue weighted by atomic mass is 10.1. The topological polar surface area (TPSA) is 0 Å². The predicted molar refractivity (Wildman–Crippen MR) is 71.8 cm³/mol. The summed E-state index contributed by atoms with van der Waals surface area (Å²) in [7, 11) is 0. The predicted octanol–water partition coefficient (Wildman–Crippen LogP) is 5.05. The summed E-state index contributed by atoms with van der Waals surface area (Å²) in [5, 5.41) is 0. The van der Waals surface area contributed by atoms with Gasteiger partial charge in [-0.3, -0.25) is 0 Å². The van der Waals surface area contributed by atoms with E-state index in [1.54, 1.807) is 0 Å². The van der Waals surface area contributed by atoms with E-state index in [1.165, 1.54) is 12.8 Å². The van der Waals surface area contributed by atoms with Gasteiger partial charge in [0, 0.05) is 6.42 Å². The zero-order valence-electron chi connectivity index (χ0n) is 11.3. The fourth-order valence-corrected chi connectivity index (χ4v) is 0.937. The third-order valence-corrected chi connectivity index (χ3v) is 1.97. The molecule has 0 unspecified atom stereocenters. The minimum absolute atomic E-state index is 0.802. The second kappa shape index (κ2) is 13.3. The Bertz CT molecular complexity index is 176. The van der Waals surface area contributed by atoms with E-state index >= 15 is 0 Å². The molecule has 0 nitrogen and oxygen atoms in total. The van der Waals surface area contributed by atoms with E-state index in [-0.39, 0.29) is 0 Å². The highest BCUT2D eigenvalue weighted by Gasteiger charge is 1.88. The van der Waals surface area contributed by atoms with Gasteiger partial charge in [0.15, 0.2) is 0 Å². The van der Waals surface area contributed by atoms with Gasteiger partial charge >= 0.3 is 0 Å². The fourth-order valence-electron chi connectivity index (χ4n) is 0.937. The molecule has 0 spiro atoms. The van der Waals surface area contributed by atoms with Crippen molar-refractivity contribution in [3.05, 3.63) is 12.7 Å². The average molecular weight is 208 g/mol. The van der Waals surface area contributed by atoms with Gasteiger partial charge in [0.2, 0.25) is 0 Å². The Kier molecular flexibility index (Phi) is 14.8. The smallest absolute Gasteiger partial charge is 0.00910 e. The Labute approximate surface area is 97.2 Å². The van der Waals surface area contributed by atoms with Crippen molar-refractivity contribution < 1.29 is 0 Å². The van der Waals surface area contributed by atoms with Gasteiger partial charge in [0.1, 0.15) is 0 Å². The van der Waals surface area contributed by atoms with E-state index in [4.69, 9.17) is 0 Å². The third-order valence-electron chi connectivity index (χ3n) is 1.97. The molecule has 0 amide bonds. The van der Waals surface area contributed by atoms with Gasteiger partial charge in [-0.1, -0.05) is 33.8 Å². The van der Waals surface area contributed by atoms with Crippen LogP contribution in [0.2, 0.25) is 0 Å². The molecule has 0 aliphatic rings. The van der Waals surface area contributed by atoms with E-state index in [9.17, 15) is 0 Å². The van der Waals surface area contributed by atoms with Crippen LogP contribution in [0.1, 0.15) is 60.3 Å². The molecule has 0 aromatic rings. The highest BCUT2D eigenvalue weighted by atomic mass is 13.9. The first kappa shape index (κ1) is 16.7. The Balaban J connectivity index is 0. The molecule has 0 N–H and O–H groups in total. The van der Waals surface area contributed by atoms with Crippen LogP contribution >= 0.6 is 0 Å². The summed E-state index contributed by atoms with van der Waals surface area (Å²) >= 11 is 0. The molecule has 0 aromatic heterocycles. The van der Waals surface area contributed by atoms with E-state index in [0.29, 0.717) is 0 Å². The van der Waals surface area contributed by atoms with Crippen molar-refractivity contribution in [1.82, 2.24) is 0 Å². The normalized spacial score (nSPS) is 9.00. The second-order valence-electron chi connectivity index (χ2n) is 4.62. The van der Waals surface area contributed by atoms with Crippen molar-refractivity contribution in [2.24, 2.45) is 11.8 Å². The van der Waals surface area contributed by atoms with Crippen LogP contribution in [0.3, 0.4) is 0 Å². The Hall–Kier alpha value is -0.700. The molecule has 0 rings (SSSR count). The Morgan fingerprint density at radius 3 is 1.87 bits per heavy atom. The van der Waals surface area contributed by atoms with E-state index < -0.39 is 0 Å². The van der Waals surface area contributed by atoms with Gasteiger partial charge < -0.3 is 0 Å². The van der Waals surface area contributed by atoms with Crippen LogP contribution in [-0.2, 0) is 0 Å². The van der Waals surface area contributed by atoms with Crippen LogP contribution in [0.4, 0.5) is 0 Å². The minimum Gasteiger partial charge on any atom is -0.107 e. The quantitative estimate of drug-likeness (QED) is 0.438. The molecule has 0 saturated heterocycles. The molecule has 15 heavy (non-hydrogen) atoms.